The Hall–Kier alpha value is -1.63. The second-order valence-corrected chi connectivity index (χ2v) is 2.95. The van der Waals surface area contributed by atoms with Crippen molar-refractivity contribution in [1.29, 1.82) is 0 Å². The molecule has 0 aliphatic rings. The standard InChI is InChI=1S/C7H8ClN3O4/c1-3-15-7(12)4-5(8)10(2)9-6(4)11(13)14/h3H2,1-2H3. The van der Waals surface area contributed by atoms with E-state index in [4.69, 9.17) is 11.6 Å². The van der Waals surface area contributed by atoms with E-state index in [1.165, 1.54) is 7.05 Å². The fraction of sp³-hybridized carbons (Fsp3) is 0.429. The fourth-order valence-corrected chi connectivity index (χ4v) is 1.20. The quantitative estimate of drug-likeness (QED) is 0.444. The van der Waals surface area contributed by atoms with E-state index >= 15 is 0 Å². The van der Waals surface area contributed by atoms with Crippen LogP contribution >= 0.6 is 11.6 Å². The maximum atomic E-state index is 11.3. The van der Waals surface area contributed by atoms with E-state index in [1.54, 1.807) is 6.92 Å². The summed E-state index contributed by atoms with van der Waals surface area (Å²) >= 11 is 5.68. The maximum Gasteiger partial charge on any atom is 0.406 e. The van der Waals surface area contributed by atoms with Crippen LogP contribution in [0.1, 0.15) is 17.3 Å². The summed E-state index contributed by atoms with van der Waals surface area (Å²) in [6.45, 7) is 1.70. The van der Waals surface area contributed by atoms with Gasteiger partial charge >= 0.3 is 11.8 Å². The zero-order chi connectivity index (χ0) is 11.6. The SMILES string of the molecule is CCOC(=O)c1c([N+](=O)[O-])nn(C)c1Cl. The summed E-state index contributed by atoms with van der Waals surface area (Å²) in [6, 6.07) is 0. The number of halogens is 1. The monoisotopic (exact) mass is 233 g/mol. The molecule has 1 heterocycles. The smallest absolute Gasteiger partial charge is 0.406 e. The number of esters is 1. The third kappa shape index (κ3) is 2.07. The molecule has 0 saturated heterocycles. The Balaban J connectivity index is 3.25. The van der Waals surface area contributed by atoms with E-state index in [0.29, 0.717) is 0 Å². The van der Waals surface area contributed by atoms with Crippen molar-refractivity contribution in [2.45, 2.75) is 6.92 Å². The van der Waals surface area contributed by atoms with Crippen LogP contribution in [0.25, 0.3) is 0 Å². The van der Waals surface area contributed by atoms with Crippen LogP contribution in [0.4, 0.5) is 5.82 Å². The van der Waals surface area contributed by atoms with Gasteiger partial charge in [-0.3, -0.25) is 0 Å². The number of rotatable bonds is 3. The van der Waals surface area contributed by atoms with Crippen LogP contribution in [-0.2, 0) is 11.8 Å². The molecule has 0 spiro atoms. The minimum absolute atomic E-state index is 0.111. The number of nitro groups is 1. The molecule has 0 saturated carbocycles. The van der Waals surface area contributed by atoms with Crippen LogP contribution in [-0.4, -0.2) is 27.3 Å². The largest absolute Gasteiger partial charge is 0.462 e. The minimum Gasteiger partial charge on any atom is -0.462 e. The summed E-state index contributed by atoms with van der Waals surface area (Å²) < 4.78 is 5.68. The first-order valence-electron chi connectivity index (χ1n) is 4.03. The number of hydrogen-bond donors (Lipinski definition) is 0. The molecule has 1 aromatic rings. The Kier molecular flexibility index (Phi) is 3.25. The number of aromatic nitrogens is 2. The molecule has 0 atom stereocenters. The average Bonchev–Trinajstić information content (AvgIpc) is 2.44. The second-order valence-electron chi connectivity index (χ2n) is 2.59. The van der Waals surface area contributed by atoms with Gasteiger partial charge in [-0.25, -0.2) is 4.79 Å². The van der Waals surface area contributed by atoms with E-state index in [-0.39, 0.29) is 17.3 Å². The summed E-state index contributed by atoms with van der Waals surface area (Å²) in [5, 5.41) is 13.9. The number of nitrogens with zero attached hydrogens (tertiary/aromatic N) is 3. The molecule has 1 rings (SSSR count). The van der Waals surface area contributed by atoms with Gasteiger partial charge in [0.05, 0.1) is 18.8 Å². The Bertz CT molecular complexity index is 415. The van der Waals surface area contributed by atoms with E-state index in [2.05, 4.69) is 9.84 Å². The van der Waals surface area contributed by atoms with Crippen LogP contribution in [0.3, 0.4) is 0 Å². The van der Waals surface area contributed by atoms with E-state index in [0.717, 1.165) is 4.68 Å². The molecular formula is C7H8ClN3O4. The van der Waals surface area contributed by atoms with Gasteiger partial charge in [0.15, 0.2) is 10.7 Å². The van der Waals surface area contributed by atoms with Crippen LogP contribution < -0.4 is 0 Å². The van der Waals surface area contributed by atoms with Gasteiger partial charge in [0, 0.05) is 0 Å². The molecule has 0 N–H and O–H groups in total. The molecular weight excluding hydrogens is 226 g/mol. The molecule has 7 nitrogen and oxygen atoms in total. The molecule has 0 aromatic carbocycles. The van der Waals surface area contributed by atoms with Crippen LogP contribution in [0.2, 0.25) is 5.15 Å². The summed E-state index contributed by atoms with van der Waals surface area (Å²) in [5.41, 5.74) is -0.314. The van der Waals surface area contributed by atoms with Gasteiger partial charge in [-0.1, -0.05) is 11.6 Å². The molecule has 1 aromatic heterocycles. The lowest BCUT2D eigenvalue weighted by Gasteiger charge is -1.98. The predicted octanol–water partition coefficient (Wildman–Crippen LogP) is 1.16. The maximum absolute atomic E-state index is 11.3. The third-order valence-electron chi connectivity index (χ3n) is 1.61. The lowest BCUT2D eigenvalue weighted by atomic mass is 10.3. The highest BCUT2D eigenvalue weighted by molar-refractivity contribution is 6.33. The number of carbonyl (C=O) groups is 1. The van der Waals surface area contributed by atoms with Gasteiger partial charge in [0.25, 0.3) is 0 Å². The van der Waals surface area contributed by atoms with Crippen LogP contribution in [0.5, 0.6) is 0 Å². The van der Waals surface area contributed by atoms with Crippen LogP contribution in [0.15, 0.2) is 0 Å². The van der Waals surface area contributed by atoms with Gasteiger partial charge in [-0.15, -0.1) is 0 Å². The van der Waals surface area contributed by atoms with Gasteiger partial charge in [-0.05, 0) is 11.8 Å². The first-order valence-corrected chi connectivity index (χ1v) is 4.40. The molecule has 8 heteroatoms. The predicted molar refractivity (Wildman–Crippen MR) is 50.8 cm³/mol. The topological polar surface area (TPSA) is 87.3 Å². The Morgan fingerprint density at radius 3 is 2.80 bits per heavy atom. The highest BCUT2D eigenvalue weighted by atomic mass is 35.5. The molecule has 0 amide bonds. The Labute approximate surface area is 89.7 Å². The Morgan fingerprint density at radius 2 is 2.33 bits per heavy atom. The first kappa shape index (κ1) is 11.4. The van der Waals surface area contributed by atoms with Gasteiger partial charge in [0.2, 0.25) is 0 Å². The lowest BCUT2D eigenvalue weighted by Crippen LogP contribution is -2.07. The molecule has 0 bridgehead atoms. The van der Waals surface area contributed by atoms with Crippen molar-refractivity contribution in [2.24, 2.45) is 7.05 Å². The van der Waals surface area contributed by atoms with Gasteiger partial charge in [0.1, 0.15) is 0 Å². The molecule has 0 aliphatic heterocycles. The summed E-state index contributed by atoms with van der Waals surface area (Å²) in [5.74, 6) is -1.44. The first-order chi connectivity index (χ1) is 6.99. The summed E-state index contributed by atoms with van der Waals surface area (Å²) in [7, 11) is 1.40. The minimum atomic E-state index is -0.845. The van der Waals surface area contributed by atoms with E-state index in [9.17, 15) is 14.9 Å². The van der Waals surface area contributed by atoms with E-state index in [1.807, 2.05) is 0 Å². The summed E-state index contributed by atoms with van der Waals surface area (Å²) in [4.78, 5) is 21.1. The lowest BCUT2D eigenvalue weighted by molar-refractivity contribution is -0.390. The van der Waals surface area contributed by atoms with Gasteiger partial charge < -0.3 is 14.9 Å². The Morgan fingerprint density at radius 1 is 1.73 bits per heavy atom. The molecule has 0 aliphatic carbocycles. The molecule has 82 valence electrons. The molecule has 0 unspecified atom stereocenters. The molecule has 0 fully saturated rings. The third-order valence-corrected chi connectivity index (χ3v) is 2.04. The van der Waals surface area contributed by atoms with Crippen molar-refractivity contribution in [3.63, 3.8) is 0 Å². The number of hydrogen-bond acceptors (Lipinski definition) is 5. The van der Waals surface area contributed by atoms with Crippen molar-refractivity contribution < 1.29 is 14.5 Å². The average molecular weight is 234 g/mol. The number of carbonyl (C=O) groups excluding carboxylic acids is 1. The van der Waals surface area contributed by atoms with Gasteiger partial charge in [-0.2, -0.15) is 4.68 Å². The van der Waals surface area contributed by atoms with Crippen molar-refractivity contribution in [1.82, 2.24) is 9.78 Å². The van der Waals surface area contributed by atoms with E-state index < -0.39 is 16.7 Å². The van der Waals surface area contributed by atoms with Crippen molar-refractivity contribution in [2.75, 3.05) is 6.61 Å². The van der Waals surface area contributed by atoms with Crippen molar-refractivity contribution in [3.8, 4) is 0 Å². The molecule has 15 heavy (non-hydrogen) atoms. The zero-order valence-corrected chi connectivity index (χ0v) is 8.82. The van der Waals surface area contributed by atoms with Crippen molar-refractivity contribution in [3.05, 3.63) is 20.8 Å². The normalized spacial score (nSPS) is 10.1. The highest BCUT2D eigenvalue weighted by Crippen LogP contribution is 2.25. The summed E-state index contributed by atoms with van der Waals surface area (Å²) in [6.07, 6.45) is 0. The van der Waals surface area contributed by atoms with Crippen LogP contribution in [0, 0.1) is 10.1 Å². The zero-order valence-electron chi connectivity index (χ0n) is 8.06. The fourth-order valence-electron chi connectivity index (χ4n) is 0.997. The highest BCUT2D eigenvalue weighted by Gasteiger charge is 2.31. The second kappa shape index (κ2) is 4.26. The van der Waals surface area contributed by atoms with Crippen molar-refractivity contribution >= 4 is 23.4 Å². The number of aryl methyl sites for hydroxylation is 1. The number of ether oxygens (including phenoxy) is 1. The molecule has 0 radical (unpaired) electrons.